The van der Waals surface area contributed by atoms with Crippen molar-refractivity contribution in [3.8, 4) is 17.6 Å². The van der Waals surface area contributed by atoms with Crippen LogP contribution in [0.4, 0.5) is 27.5 Å². The maximum atomic E-state index is 14.7. The maximum absolute atomic E-state index is 14.7. The Bertz CT molecular complexity index is 3730. The van der Waals surface area contributed by atoms with Crippen LogP contribution in [0, 0.1) is 23.7 Å². The number of carbonyl (C=O) groups excluding carboxylic acids is 3. The number of oxazole rings is 1. The number of nitrogens with zero attached hydrogens (tertiary/aromatic N) is 3. The molecule has 1 unspecified atom stereocenters. The summed E-state index contributed by atoms with van der Waals surface area (Å²) in [5.41, 5.74) is 3.12. The van der Waals surface area contributed by atoms with E-state index in [0.29, 0.717) is 52.8 Å². The molecule has 23 heteroatoms. The topological polar surface area (TPSA) is 270 Å². The van der Waals surface area contributed by atoms with Crippen molar-refractivity contribution in [3.05, 3.63) is 130 Å². The van der Waals surface area contributed by atoms with Crippen molar-refractivity contribution < 1.29 is 57.7 Å². The average molecular weight is 1140 g/mol. The molecule has 0 spiro atoms. The molecule has 78 heavy (non-hydrogen) atoms. The molecule has 2 amide bonds. The van der Waals surface area contributed by atoms with Gasteiger partial charge in [0.25, 0.3) is 15.9 Å². The van der Waals surface area contributed by atoms with Gasteiger partial charge in [-0.1, -0.05) is 71.2 Å². The second kappa shape index (κ2) is 22.9. The summed E-state index contributed by atoms with van der Waals surface area (Å²) >= 11 is 6.53. The highest BCUT2D eigenvalue weighted by Gasteiger charge is 2.37. The molecule has 1 atom stereocenters. The Hall–Kier alpha value is -7.45. The molecule has 1 fully saturated rings. The Kier molecular flexibility index (Phi) is 17.1. The molecule has 1 aliphatic rings. The molecule has 5 aromatic carbocycles. The van der Waals surface area contributed by atoms with Gasteiger partial charge in [-0.3, -0.25) is 23.9 Å². The van der Waals surface area contributed by atoms with E-state index in [2.05, 4.69) is 50.7 Å². The number of nitriles is 1. The molecule has 0 saturated heterocycles. The van der Waals surface area contributed by atoms with E-state index in [9.17, 15) is 44.9 Å². The van der Waals surface area contributed by atoms with Crippen molar-refractivity contribution in [1.82, 2.24) is 4.98 Å². The van der Waals surface area contributed by atoms with Gasteiger partial charge in [0, 0.05) is 17.3 Å². The SMILES string of the molecule is COc1ccc(C(=O)C(OC(=O)N(c2ccc(C=C(C#N)c3nc4cc(C(C)(C)CC(C)(C)C)ccc4o3)c(C)c2)C2CCCC2)C(=O)Nc2cc(NS(=O)(=O)c3ccc(OS(C)(=O)=O)c(NS(C)(=O)=O)c3)ccc2Cl)cc1. The summed E-state index contributed by atoms with van der Waals surface area (Å²) in [6.07, 6.45) is 3.63. The summed E-state index contributed by atoms with van der Waals surface area (Å²) in [5, 5.41) is 12.8. The molecule has 3 N–H and O–H groups in total. The van der Waals surface area contributed by atoms with Gasteiger partial charge in [0.2, 0.25) is 27.8 Å². The summed E-state index contributed by atoms with van der Waals surface area (Å²) in [5.74, 6) is -2.03. The monoisotopic (exact) mass is 1140 g/mol. The number of aryl methyl sites for hydroxylation is 1. The number of anilines is 4. The summed E-state index contributed by atoms with van der Waals surface area (Å²) in [4.78, 5) is 49.0. The van der Waals surface area contributed by atoms with Crippen molar-refractivity contribution >= 4 is 105 Å². The minimum Gasteiger partial charge on any atom is -0.497 e. The number of aromatic nitrogens is 1. The van der Waals surface area contributed by atoms with Crippen LogP contribution in [0.5, 0.6) is 11.5 Å². The lowest BCUT2D eigenvalue weighted by atomic mass is 9.72. The summed E-state index contributed by atoms with van der Waals surface area (Å²) in [7, 11) is -11.4. The van der Waals surface area contributed by atoms with E-state index < -0.39 is 76.4 Å². The van der Waals surface area contributed by atoms with Crippen LogP contribution in [-0.2, 0) is 45.1 Å². The van der Waals surface area contributed by atoms with Crippen LogP contribution >= 0.6 is 11.6 Å². The smallest absolute Gasteiger partial charge is 0.415 e. The number of carbonyl (C=O) groups is 3. The molecule has 0 aliphatic heterocycles. The number of ether oxygens (including phenoxy) is 2. The van der Waals surface area contributed by atoms with Crippen LogP contribution in [0.25, 0.3) is 22.7 Å². The Morgan fingerprint density at radius 1 is 0.872 bits per heavy atom. The molecule has 0 bridgehead atoms. The van der Waals surface area contributed by atoms with Gasteiger partial charge in [0.15, 0.2) is 11.3 Å². The van der Waals surface area contributed by atoms with E-state index >= 15 is 0 Å². The lowest BCUT2D eigenvalue weighted by molar-refractivity contribution is -0.122. The fraction of sp³-hybridized carbons (Fsp3) is 0.327. The molecular weight excluding hydrogens is 1080 g/mol. The van der Waals surface area contributed by atoms with Gasteiger partial charge in [-0.05, 0) is 145 Å². The summed E-state index contributed by atoms with van der Waals surface area (Å²) < 4.78 is 102. The number of halogens is 1. The lowest BCUT2D eigenvalue weighted by Gasteiger charge is -2.32. The Morgan fingerprint density at radius 3 is 2.18 bits per heavy atom. The lowest BCUT2D eigenvalue weighted by Crippen LogP contribution is -2.46. The van der Waals surface area contributed by atoms with E-state index in [-0.39, 0.29) is 44.3 Å². The number of sulfonamides is 2. The van der Waals surface area contributed by atoms with E-state index in [1.807, 2.05) is 22.9 Å². The van der Waals surface area contributed by atoms with Crippen molar-refractivity contribution in [1.29, 1.82) is 5.26 Å². The van der Waals surface area contributed by atoms with Crippen molar-refractivity contribution in [2.24, 2.45) is 5.41 Å². The van der Waals surface area contributed by atoms with Crippen molar-refractivity contribution in [2.45, 2.75) is 96.1 Å². The molecule has 1 aliphatic carbocycles. The zero-order valence-corrected chi connectivity index (χ0v) is 47.5. The Labute approximate surface area is 459 Å². The largest absolute Gasteiger partial charge is 0.497 e. The first-order chi connectivity index (χ1) is 36.4. The van der Waals surface area contributed by atoms with Gasteiger partial charge < -0.3 is 23.4 Å². The second-order valence-electron chi connectivity index (χ2n) is 20.8. The number of hydrogen-bond donors (Lipinski definition) is 3. The van der Waals surface area contributed by atoms with Gasteiger partial charge in [-0.2, -0.15) is 13.7 Å². The summed E-state index contributed by atoms with van der Waals surface area (Å²) in [6.45, 7) is 12.8. The van der Waals surface area contributed by atoms with E-state index in [1.54, 1.807) is 31.2 Å². The zero-order chi connectivity index (χ0) is 57.1. The number of ketones is 1. The highest BCUT2D eigenvalue weighted by Crippen LogP contribution is 2.39. The third-order valence-electron chi connectivity index (χ3n) is 12.6. The number of fused-ring (bicyclic) bond motifs is 1. The van der Waals surface area contributed by atoms with Gasteiger partial charge in [0.05, 0.1) is 46.6 Å². The van der Waals surface area contributed by atoms with Crippen LogP contribution in [0.2, 0.25) is 5.02 Å². The fourth-order valence-electron chi connectivity index (χ4n) is 9.37. The fourth-order valence-corrected chi connectivity index (χ4v) is 11.6. The Morgan fingerprint density at radius 2 is 1.56 bits per heavy atom. The molecular formula is C55H59ClN6O13S3. The number of methoxy groups -OCH3 is 1. The number of allylic oxidation sites excluding steroid dienone is 1. The highest BCUT2D eigenvalue weighted by atomic mass is 35.5. The minimum absolute atomic E-state index is 0.0227. The predicted octanol–water partition coefficient (Wildman–Crippen LogP) is 10.9. The first-order valence-electron chi connectivity index (χ1n) is 24.4. The number of amides is 2. The number of nitrogens with one attached hydrogen (secondary N) is 3. The first kappa shape index (κ1) is 58.2. The van der Waals surface area contributed by atoms with Crippen molar-refractivity contribution in [3.63, 3.8) is 0 Å². The van der Waals surface area contributed by atoms with E-state index in [4.69, 9.17) is 34.7 Å². The van der Waals surface area contributed by atoms with Crippen LogP contribution in [-0.4, -0.2) is 79.8 Å². The van der Waals surface area contributed by atoms with E-state index in [0.717, 1.165) is 55.3 Å². The molecule has 1 aromatic heterocycles. The van der Waals surface area contributed by atoms with Crippen LogP contribution in [0.1, 0.15) is 99.7 Å². The normalized spacial score (nSPS) is 14.0. The first-order valence-corrected chi connectivity index (χ1v) is 30.0. The molecule has 0 radical (unpaired) electrons. The molecule has 7 rings (SSSR count). The van der Waals surface area contributed by atoms with Gasteiger partial charge in [-0.15, -0.1) is 0 Å². The molecule has 19 nitrogen and oxygen atoms in total. The van der Waals surface area contributed by atoms with Crippen LogP contribution < -0.4 is 28.6 Å². The number of hydrogen-bond acceptors (Lipinski definition) is 15. The maximum Gasteiger partial charge on any atom is 0.415 e. The van der Waals surface area contributed by atoms with Crippen molar-refractivity contribution in [2.75, 3.05) is 39.3 Å². The number of rotatable bonds is 19. The van der Waals surface area contributed by atoms with Crippen LogP contribution in [0.15, 0.2) is 106 Å². The molecule has 6 aromatic rings. The van der Waals surface area contributed by atoms with Gasteiger partial charge in [0.1, 0.15) is 22.9 Å². The standard InChI is InChI=1S/C55H59ClN6O13S3/c1-33-26-40(19-14-35(33)27-36(31-57)52-59-45-28-37(17-24-47(45)73-52)55(5,6)32-54(2,3)4)62(39-12-10-11-13-39)53(65)74-50(49(63)34-15-20-41(72-7)21-16-34)51(64)58-44-29-38(18-23-43(44)56)60-78(70,71)42-22-25-48(75-77(9,68)69)46(30-42)61-76(8,66)67/h14-30,39,50,60-61H,10-13,32H2,1-9H3,(H,58,64). The second-order valence-corrected chi connectivity index (χ2v) is 26.2. The number of Topliss-reactive ketones (excluding diaryl/α,β-unsaturated/α-hetero) is 1. The quantitative estimate of drug-likeness (QED) is 0.0294. The molecule has 1 heterocycles. The van der Waals surface area contributed by atoms with Gasteiger partial charge in [-0.25, -0.2) is 26.6 Å². The highest BCUT2D eigenvalue weighted by molar-refractivity contribution is 7.93. The zero-order valence-electron chi connectivity index (χ0n) is 44.3. The average Bonchev–Trinajstić information content (AvgIpc) is 4.07. The third kappa shape index (κ3) is 14.6. The number of benzene rings is 5. The van der Waals surface area contributed by atoms with Crippen LogP contribution in [0.3, 0.4) is 0 Å². The molecule has 412 valence electrons. The third-order valence-corrected chi connectivity index (χ3v) is 15.3. The minimum atomic E-state index is -4.59. The summed E-state index contributed by atoms with van der Waals surface area (Å²) in [6, 6.07) is 25.0. The van der Waals surface area contributed by atoms with E-state index in [1.165, 1.54) is 48.4 Å². The Balaban J connectivity index is 1.17. The molecule has 1 saturated carbocycles. The van der Waals surface area contributed by atoms with Gasteiger partial charge >= 0.3 is 16.2 Å². The predicted molar refractivity (Wildman–Crippen MR) is 299 cm³/mol.